The van der Waals surface area contributed by atoms with Gasteiger partial charge in [-0.2, -0.15) is 0 Å². The Labute approximate surface area is 275 Å². The van der Waals surface area contributed by atoms with Gasteiger partial charge in [-0.05, 0) is 123 Å². The topological polar surface area (TPSA) is 27.7 Å². The summed E-state index contributed by atoms with van der Waals surface area (Å²) < 4.78 is 21.8. The zero-order valence-corrected chi connectivity index (χ0v) is 29.9. The Hall–Kier alpha value is -1.88. The van der Waals surface area contributed by atoms with Crippen molar-refractivity contribution in [3.63, 3.8) is 0 Å². The first-order chi connectivity index (χ1) is 19.7. The van der Waals surface area contributed by atoms with E-state index in [0.29, 0.717) is 0 Å². The molecule has 0 aromatic heterocycles. The summed E-state index contributed by atoms with van der Waals surface area (Å²) in [5.74, 6) is 0. The van der Waals surface area contributed by atoms with Gasteiger partial charge in [0.1, 0.15) is 0 Å². The molecule has 0 unspecified atom stereocenters. The van der Waals surface area contributed by atoms with Crippen LogP contribution in [0.5, 0.6) is 0 Å². The molecule has 0 amide bonds. The highest BCUT2D eigenvalue weighted by Crippen LogP contribution is 2.36. The summed E-state index contributed by atoms with van der Waals surface area (Å²) in [7, 11) is 1.76. The molecule has 0 N–H and O–H groups in total. The smallest absolute Gasteiger partial charge is 0.373 e. The molecule has 0 aliphatic rings. The molecule has 0 saturated heterocycles. The van der Waals surface area contributed by atoms with E-state index in [-0.39, 0.29) is 0 Å². The van der Waals surface area contributed by atoms with Crippen molar-refractivity contribution in [3.8, 4) is 44.5 Å². The van der Waals surface area contributed by atoms with Crippen molar-refractivity contribution < 1.29 is 13.3 Å². The van der Waals surface area contributed by atoms with Crippen molar-refractivity contribution >= 4 is 77.7 Å². The van der Waals surface area contributed by atoms with Crippen LogP contribution < -0.4 is 5.19 Å². The van der Waals surface area contributed by atoms with Gasteiger partial charge < -0.3 is 13.3 Å². The average Bonchev–Trinajstić information content (AvgIpc) is 2.97. The minimum atomic E-state index is -3.16. The monoisotopic (exact) mass is 814 g/mol. The largest absolute Gasteiger partial charge is 0.536 e. The van der Waals surface area contributed by atoms with Gasteiger partial charge in [0.2, 0.25) is 0 Å². The zero-order chi connectivity index (χ0) is 29.1. The van der Waals surface area contributed by atoms with Crippen molar-refractivity contribution in [1.29, 1.82) is 0 Å². The molecule has 0 atom stereocenters. The summed E-state index contributed by atoms with van der Waals surface area (Å²) in [6.45, 7) is 0. The van der Waals surface area contributed by atoms with Crippen molar-refractivity contribution in [2.75, 3.05) is 21.3 Å². The van der Waals surface area contributed by atoms with Crippen molar-refractivity contribution in [3.05, 3.63) is 121 Å². The molecule has 208 valence electrons. The van der Waals surface area contributed by atoms with Crippen molar-refractivity contribution in [2.45, 2.75) is 0 Å². The standard InChI is InChI=1S/C33H26Br4O3Si/c1-38-41(39-2,40-3)33-19-27(25-10-23(15-31(36)17-25)21-6-4-8-29(34)13-21)12-28(20-33)26-11-24(16-32(37)18-26)22-7-5-9-30(35)14-22/h4-20H,1-3H3. The van der Waals surface area contributed by atoms with Gasteiger partial charge in [0.25, 0.3) is 0 Å². The summed E-state index contributed by atoms with van der Waals surface area (Å²) in [4.78, 5) is 0. The Morgan fingerprint density at radius 3 is 1.05 bits per heavy atom. The Balaban J connectivity index is 1.72. The van der Waals surface area contributed by atoms with Gasteiger partial charge in [-0.1, -0.05) is 88.0 Å². The summed E-state index contributed by atoms with van der Waals surface area (Å²) in [5.41, 5.74) is 8.64. The summed E-state index contributed by atoms with van der Waals surface area (Å²) >= 11 is 14.7. The molecular weight excluding hydrogens is 792 g/mol. The number of benzene rings is 5. The molecule has 41 heavy (non-hydrogen) atoms. The van der Waals surface area contributed by atoms with E-state index in [0.717, 1.165) is 67.6 Å². The van der Waals surface area contributed by atoms with Crippen LogP contribution in [-0.4, -0.2) is 30.1 Å². The average molecular weight is 818 g/mol. The molecular formula is C33H26Br4O3Si. The van der Waals surface area contributed by atoms with E-state index in [1.807, 2.05) is 24.3 Å². The van der Waals surface area contributed by atoms with Gasteiger partial charge in [0, 0.05) is 44.4 Å². The third-order valence-electron chi connectivity index (χ3n) is 6.87. The van der Waals surface area contributed by atoms with E-state index >= 15 is 0 Å². The van der Waals surface area contributed by atoms with Crippen LogP contribution in [0.3, 0.4) is 0 Å². The van der Waals surface area contributed by atoms with Gasteiger partial charge >= 0.3 is 8.80 Å². The quantitative estimate of drug-likeness (QED) is 0.146. The van der Waals surface area contributed by atoms with Crippen LogP contribution in [0.2, 0.25) is 0 Å². The number of hydrogen-bond donors (Lipinski definition) is 0. The number of rotatable bonds is 8. The van der Waals surface area contributed by atoms with Gasteiger partial charge in [-0.15, -0.1) is 0 Å². The second-order valence-electron chi connectivity index (χ2n) is 9.45. The molecule has 5 aromatic carbocycles. The maximum Gasteiger partial charge on any atom is 0.536 e. The molecule has 0 radical (unpaired) electrons. The first-order valence-electron chi connectivity index (χ1n) is 12.7. The third-order valence-corrected chi connectivity index (χ3v) is 11.4. The van der Waals surface area contributed by atoms with E-state index in [1.54, 1.807) is 21.3 Å². The zero-order valence-electron chi connectivity index (χ0n) is 22.6. The Morgan fingerprint density at radius 1 is 0.390 bits per heavy atom. The number of halogens is 4. The fraction of sp³-hybridized carbons (Fsp3) is 0.0909. The van der Waals surface area contributed by atoms with Crippen LogP contribution in [0.25, 0.3) is 44.5 Å². The second kappa shape index (κ2) is 13.2. The molecule has 0 fully saturated rings. The van der Waals surface area contributed by atoms with Crippen LogP contribution in [0.4, 0.5) is 0 Å². The lowest BCUT2D eigenvalue weighted by Gasteiger charge is -2.26. The van der Waals surface area contributed by atoms with Crippen molar-refractivity contribution in [2.24, 2.45) is 0 Å². The minimum absolute atomic E-state index is 0.880. The first kappa shape index (κ1) is 30.6. The molecule has 0 bridgehead atoms. The molecule has 5 aromatic rings. The summed E-state index contributed by atoms with van der Waals surface area (Å²) in [6.07, 6.45) is 0. The molecule has 5 rings (SSSR count). The SMILES string of the molecule is CO[Si](OC)(OC)c1cc(-c2cc(Br)cc(-c3cccc(Br)c3)c2)cc(-c2cc(Br)cc(-c3cccc(Br)c3)c2)c1. The molecule has 8 heteroatoms. The maximum atomic E-state index is 5.93. The molecule has 0 saturated carbocycles. The highest BCUT2D eigenvalue weighted by Gasteiger charge is 2.41. The molecule has 0 spiro atoms. The van der Waals surface area contributed by atoms with Gasteiger partial charge in [0.15, 0.2) is 0 Å². The van der Waals surface area contributed by atoms with Gasteiger partial charge in [-0.3, -0.25) is 0 Å². The number of hydrogen-bond acceptors (Lipinski definition) is 3. The normalized spacial score (nSPS) is 11.6. The molecule has 0 heterocycles. The first-order valence-corrected chi connectivity index (χ1v) is 17.6. The maximum absolute atomic E-state index is 5.93. The van der Waals surface area contributed by atoms with Crippen LogP contribution in [0.15, 0.2) is 121 Å². The lowest BCUT2D eigenvalue weighted by molar-refractivity contribution is 0.140. The highest BCUT2D eigenvalue weighted by molar-refractivity contribution is 9.11. The summed E-state index contributed by atoms with van der Waals surface area (Å²) in [6, 6.07) is 36.0. The van der Waals surface area contributed by atoms with E-state index in [1.165, 1.54) is 0 Å². The Bertz CT molecular complexity index is 1600. The van der Waals surface area contributed by atoms with E-state index < -0.39 is 8.80 Å². The van der Waals surface area contributed by atoms with Crippen LogP contribution in [0, 0.1) is 0 Å². The van der Waals surface area contributed by atoms with E-state index in [9.17, 15) is 0 Å². The predicted octanol–water partition coefficient (Wildman–Crippen LogP) is 10.5. The van der Waals surface area contributed by atoms with Crippen LogP contribution in [0.1, 0.15) is 0 Å². The van der Waals surface area contributed by atoms with Crippen LogP contribution in [-0.2, 0) is 13.3 Å². The fourth-order valence-corrected chi connectivity index (χ4v) is 8.58. The second-order valence-corrected chi connectivity index (χ2v) is 16.0. The third kappa shape index (κ3) is 6.86. The van der Waals surface area contributed by atoms with Gasteiger partial charge in [0.05, 0.1) is 0 Å². The molecule has 0 aliphatic carbocycles. The fourth-order valence-electron chi connectivity index (χ4n) is 4.92. The Morgan fingerprint density at radius 2 is 0.707 bits per heavy atom. The van der Waals surface area contributed by atoms with Crippen molar-refractivity contribution in [1.82, 2.24) is 0 Å². The predicted molar refractivity (Wildman–Crippen MR) is 185 cm³/mol. The summed E-state index contributed by atoms with van der Waals surface area (Å²) in [5, 5.41) is 0.880. The van der Waals surface area contributed by atoms with E-state index in [4.69, 9.17) is 13.3 Å². The van der Waals surface area contributed by atoms with Gasteiger partial charge in [-0.25, -0.2) is 0 Å². The lowest BCUT2D eigenvalue weighted by Crippen LogP contribution is -2.54. The highest BCUT2D eigenvalue weighted by atomic mass is 79.9. The lowest BCUT2D eigenvalue weighted by atomic mass is 9.95. The Kier molecular flexibility index (Phi) is 9.83. The molecule has 3 nitrogen and oxygen atoms in total. The molecule has 0 aliphatic heterocycles. The minimum Gasteiger partial charge on any atom is -0.373 e. The van der Waals surface area contributed by atoms with E-state index in [2.05, 4.69) is 143 Å². The van der Waals surface area contributed by atoms with Crippen LogP contribution >= 0.6 is 63.7 Å².